The number of phenols is 1. The number of aromatic nitrogens is 3. The third-order valence-corrected chi connectivity index (χ3v) is 5.61. The van der Waals surface area contributed by atoms with Crippen molar-refractivity contribution in [3.8, 4) is 28.6 Å². The summed E-state index contributed by atoms with van der Waals surface area (Å²) in [6.07, 6.45) is 1.47. The topological polar surface area (TPSA) is 102 Å². The van der Waals surface area contributed by atoms with Gasteiger partial charge in [-0.2, -0.15) is 5.10 Å². The molecule has 0 atom stereocenters. The molecule has 0 bridgehead atoms. The molecule has 2 N–H and O–H groups in total. The van der Waals surface area contributed by atoms with Crippen LogP contribution >= 0.6 is 11.8 Å². The van der Waals surface area contributed by atoms with Crippen LogP contribution in [0.1, 0.15) is 12.5 Å². The van der Waals surface area contributed by atoms with Gasteiger partial charge in [0.25, 0.3) is 5.91 Å². The minimum Gasteiger partial charge on any atom is -0.508 e. The molecule has 1 amide bonds. The number of hydrogen-bond donors (Lipinski definition) is 2. The zero-order valence-electron chi connectivity index (χ0n) is 18.5. The van der Waals surface area contributed by atoms with Crippen LogP contribution < -0.4 is 10.2 Å². The zero-order valence-corrected chi connectivity index (χ0v) is 19.3. The second-order valence-corrected chi connectivity index (χ2v) is 8.05. The SMILES string of the molecule is CCOc1ccc(-n2c(SCC(=O)N/N=C/c3cccc(O)c3)nnc2-c2ccccc2)cc1. The van der Waals surface area contributed by atoms with Crippen molar-refractivity contribution in [3.05, 3.63) is 84.4 Å². The lowest BCUT2D eigenvalue weighted by molar-refractivity contribution is -0.118. The summed E-state index contributed by atoms with van der Waals surface area (Å²) in [6.45, 7) is 2.53. The van der Waals surface area contributed by atoms with Crippen LogP contribution in [0.25, 0.3) is 17.1 Å². The van der Waals surface area contributed by atoms with E-state index in [9.17, 15) is 9.90 Å². The van der Waals surface area contributed by atoms with Gasteiger partial charge in [0.1, 0.15) is 11.5 Å². The van der Waals surface area contributed by atoms with Crippen LogP contribution in [0.3, 0.4) is 0 Å². The van der Waals surface area contributed by atoms with Gasteiger partial charge in [-0.3, -0.25) is 9.36 Å². The van der Waals surface area contributed by atoms with Crippen molar-refractivity contribution in [1.82, 2.24) is 20.2 Å². The van der Waals surface area contributed by atoms with Crippen LogP contribution in [-0.4, -0.2) is 44.4 Å². The lowest BCUT2D eigenvalue weighted by Crippen LogP contribution is -2.20. The number of amides is 1. The molecule has 1 heterocycles. The van der Waals surface area contributed by atoms with Crippen molar-refractivity contribution in [2.24, 2.45) is 5.10 Å². The van der Waals surface area contributed by atoms with E-state index in [0.29, 0.717) is 23.2 Å². The molecule has 8 nitrogen and oxygen atoms in total. The Hall–Kier alpha value is -4.11. The lowest BCUT2D eigenvalue weighted by atomic mass is 10.2. The van der Waals surface area contributed by atoms with Gasteiger partial charge in [-0.1, -0.05) is 54.2 Å². The first kappa shape index (κ1) is 23.1. The number of carbonyl (C=O) groups excluding carboxylic acids is 1. The Morgan fingerprint density at radius 1 is 1.09 bits per heavy atom. The van der Waals surface area contributed by atoms with Crippen molar-refractivity contribution >= 4 is 23.9 Å². The second kappa shape index (κ2) is 11.2. The normalized spacial score (nSPS) is 11.0. The van der Waals surface area contributed by atoms with Gasteiger partial charge < -0.3 is 9.84 Å². The van der Waals surface area contributed by atoms with E-state index in [1.165, 1.54) is 18.0 Å². The number of benzene rings is 3. The molecule has 0 aliphatic rings. The van der Waals surface area contributed by atoms with E-state index < -0.39 is 0 Å². The van der Waals surface area contributed by atoms with Crippen molar-refractivity contribution < 1.29 is 14.6 Å². The molecule has 0 fully saturated rings. The number of rotatable bonds is 9. The molecule has 34 heavy (non-hydrogen) atoms. The van der Waals surface area contributed by atoms with Gasteiger partial charge in [0.05, 0.1) is 18.6 Å². The average molecular weight is 474 g/mol. The van der Waals surface area contributed by atoms with E-state index in [-0.39, 0.29) is 17.4 Å². The van der Waals surface area contributed by atoms with Gasteiger partial charge in [0, 0.05) is 11.3 Å². The Morgan fingerprint density at radius 2 is 1.88 bits per heavy atom. The third kappa shape index (κ3) is 5.81. The number of ether oxygens (including phenoxy) is 1. The highest BCUT2D eigenvalue weighted by Gasteiger charge is 2.17. The maximum atomic E-state index is 12.3. The number of hydrazone groups is 1. The van der Waals surface area contributed by atoms with E-state index in [0.717, 1.165) is 17.0 Å². The Morgan fingerprint density at radius 3 is 2.62 bits per heavy atom. The average Bonchev–Trinajstić information content (AvgIpc) is 3.28. The largest absolute Gasteiger partial charge is 0.508 e. The number of hydrogen-bond acceptors (Lipinski definition) is 7. The number of thioether (sulfide) groups is 1. The zero-order chi connectivity index (χ0) is 23.8. The summed E-state index contributed by atoms with van der Waals surface area (Å²) in [4.78, 5) is 12.3. The molecule has 0 radical (unpaired) electrons. The monoisotopic (exact) mass is 473 g/mol. The molecule has 172 valence electrons. The summed E-state index contributed by atoms with van der Waals surface area (Å²) in [5.74, 6) is 1.40. The standard InChI is InChI=1S/C25H23N5O3S/c1-2-33-22-13-11-20(12-14-22)30-24(19-8-4-3-5-9-19)28-29-25(30)34-17-23(32)27-26-16-18-7-6-10-21(31)15-18/h3-16,31H,2,17H2,1H3,(H,27,32)/b26-16+. The summed E-state index contributed by atoms with van der Waals surface area (Å²) in [7, 11) is 0. The maximum Gasteiger partial charge on any atom is 0.250 e. The lowest BCUT2D eigenvalue weighted by Gasteiger charge is -2.11. The minimum atomic E-state index is -0.288. The van der Waals surface area contributed by atoms with E-state index in [1.54, 1.807) is 24.3 Å². The molecule has 0 saturated heterocycles. The van der Waals surface area contributed by atoms with Gasteiger partial charge in [0.2, 0.25) is 0 Å². The van der Waals surface area contributed by atoms with Gasteiger partial charge in [0.15, 0.2) is 11.0 Å². The fourth-order valence-electron chi connectivity index (χ4n) is 3.17. The third-order valence-electron chi connectivity index (χ3n) is 4.68. The van der Waals surface area contributed by atoms with E-state index >= 15 is 0 Å². The molecule has 0 unspecified atom stereocenters. The second-order valence-electron chi connectivity index (χ2n) is 7.11. The van der Waals surface area contributed by atoms with Gasteiger partial charge in [-0.15, -0.1) is 10.2 Å². The van der Waals surface area contributed by atoms with Crippen molar-refractivity contribution in [2.75, 3.05) is 12.4 Å². The summed E-state index contributed by atoms with van der Waals surface area (Å²) >= 11 is 1.26. The van der Waals surface area contributed by atoms with Crippen molar-refractivity contribution in [3.63, 3.8) is 0 Å². The highest BCUT2D eigenvalue weighted by atomic mass is 32.2. The van der Waals surface area contributed by atoms with Crippen molar-refractivity contribution in [1.29, 1.82) is 0 Å². The first-order chi connectivity index (χ1) is 16.6. The van der Waals surface area contributed by atoms with Crippen LogP contribution in [-0.2, 0) is 4.79 Å². The summed E-state index contributed by atoms with van der Waals surface area (Å²) in [6, 6.07) is 24.0. The molecule has 1 aromatic heterocycles. The van der Waals surface area contributed by atoms with Crippen LogP contribution in [0.2, 0.25) is 0 Å². The molecule has 0 aliphatic heterocycles. The predicted octanol–water partition coefficient (Wildman–Crippen LogP) is 4.28. The number of phenolic OH excluding ortho intramolecular Hbond substituents is 1. The van der Waals surface area contributed by atoms with Crippen LogP contribution in [0.4, 0.5) is 0 Å². The van der Waals surface area contributed by atoms with Crippen LogP contribution in [0.5, 0.6) is 11.5 Å². The molecule has 3 aromatic carbocycles. The highest BCUT2D eigenvalue weighted by molar-refractivity contribution is 7.99. The molecule has 4 aromatic rings. The van der Waals surface area contributed by atoms with Gasteiger partial charge >= 0.3 is 0 Å². The Balaban J connectivity index is 1.51. The molecular weight excluding hydrogens is 450 g/mol. The van der Waals surface area contributed by atoms with Gasteiger partial charge in [-0.25, -0.2) is 5.43 Å². The molecule has 0 spiro atoms. The summed E-state index contributed by atoms with van der Waals surface area (Å²) < 4.78 is 7.47. The highest BCUT2D eigenvalue weighted by Crippen LogP contribution is 2.28. The van der Waals surface area contributed by atoms with E-state index in [1.807, 2.05) is 66.1 Å². The molecule has 4 rings (SSSR count). The molecular formula is C25H23N5O3S. The Kier molecular flexibility index (Phi) is 7.56. The first-order valence-electron chi connectivity index (χ1n) is 10.6. The maximum absolute atomic E-state index is 12.3. The van der Waals surface area contributed by atoms with Crippen molar-refractivity contribution in [2.45, 2.75) is 12.1 Å². The van der Waals surface area contributed by atoms with Gasteiger partial charge in [-0.05, 0) is 48.9 Å². The fraction of sp³-hybridized carbons (Fsp3) is 0.120. The number of carbonyl (C=O) groups is 1. The van der Waals surface area contributed by atoms with E-state index in [4.69, 9.17) is 4.74 Å². The fourth-order valence-corrected chi connectivity index (χ4v) is 3.92. The van der Waals surface area contributed by atoms with E-state index in [2.05, 4.69) is 20.7 Å². The molecule has 0 aliphatic carbocycles. The molecule has 0 saturated carbocycles. The Bertz CT molecular complexity index is 1270. The Labute approximate surface area is 201 Å². The quantitative estimate of drug-likeness (QED) is 0.214. The number of aromatic hydroxyl groups is 1. The smallest absolute Gasteiger partial charge is 0.250 e. The first-order valence-corrected chi connectivity index (χ1v) is 11.6. The number of nitrogens with zero attached hydrogens (tertiary/aromatic N) is 4. The summed E-state index contributed by atoms with van der Waals surface area (Å²) in [5.41, 5.74) is 4.94. The molecule has 9 heteroatoms. The van der Waals surface area contributed by atoms with Crippen LogP contribution in [0, 0.1) is 0 Å². The van der Waals surface area contributed by atoms with Crippen LogP contribution in [0.15, 0.2) is 89.1 Å². The number of nitrogens with one attached hydrogen (secondary N) is 1. The summed E-state index contributed by atoms with van der Waals surface area (Å²) in [5, 5.41) is 22.8. The minimum absolute atomic E-state index is 0.0985. The predicted molar refractivity (Wildman–Crippen MR) is 133 cm³/mol.